The first kappa shape index (κ1) is 14.1. The Balaban J connectivity index is 2.52. The van der Waals surface area contributed by atoms with Crippen molar-refractivity contribution in [1.82, 2.24) is 9.97 Å². The lowest BCUT2D eigenvalue weighted by molar-refractivity contribution is 0.696. The topological polar surface area (TPSA) is 64.8 Å². The molecule has 1 aromatic heterocycles. The molecule has 1 heterocycles. The molecule has 0 aliphatic rings. The van der Waals surface area contributed by atoms with Crippen LogP contribution < -0.4 is 10.2 Å². The van der Waals surface area contributed by atoms with Crippen molar-refractivity contribution in [3.05, 3.63) is 24.3 Å². The Bertz CT molecular complexity index is 632. The predicted molar refractivity (Wildman–Crippen MR) is 81.8 cm³/mol. The maximum absolute atomic E-state index is 8.86. The molecule has 0 aliphatic heterocycles. The lowest BCUT2D eigenvalue weighted by Gasteiger charge is -2.25. The third-order valence-corrected chi connectivity index (χ3v) is 3.30. The van der Waals surface area contributed by atoms with Gasteiger partial charge in [0.1, 0.15) is 5.82 Å². The molecular formula is C15H19N5. The molecule has 1 N–H and O–H groups in total. The quantitative estimate of drug-likeness (QED) is 0.904. The Labute approximate surface area is 119 Å². The summed E-state index contributed by atoms with van der Waals surface area (Å²) in [5, 5.41) is 13.0. The standard InChI is InChI=1S/C15H19N5/c1-4-17-15-18-13-8-6-5-7-12(13)14(19-15)20(3)11(2)9-10-16/h5-8,11H,4,9H2,1-3H3,(H,17,18,19). The molecule has 0 saturated carbocycles. The van der Waals surface area contributed by atoms with Crippen molar-refractivity contribution in [2.45, 2.75) is 26.3 Å². The number of rotatable bonds is 5. The first-order valence-corrected chi connectivity index (χ1v) is 6.77. The van der Waals surface area contributed by atoms with Gasteiger partial charge in [-0.1, -0.05) is 12.1 Å². The van der Waals surface area contributed by atoms with E-state index in [1.54, 1.807) is 0 Å². The molecule has 0 saturated heterocycles. The van der Waals surface area contributed by atoms with Crippen molar-refractivity contribution in [3.63, 3.8) is 0 Å². The van der Waals surface area contributed by atoms with Gasteiger partial charge < -0.3 is 10.2 Å². The van der Waals surface area contributed by atoms with Gasteiger partial charge in [-0.2, -0.15) is 10.2 Å². The van der Waals surface area contributed by atoms with Crippen molar-refractivity contribution in [2.75, 3.05) is 23.8 Å². The molecule has 0 amide bonds. The van der Waals surface area contributed by atoms with Crippen LogP contribution in [0.3, 0.4) is 0 Å². The smallest absolute Gasteiger partial charge is 0.225 e. The highest BCUT2D eigenvalue weighted by Crippen LogP contribution is 2.26. The molecule has 2 rings (SSSR count). The summed E-state index contributed by atoms with van der Waals surface area (Å²) >= 11 is 0. The number of hydrogen-bond donors (Lipinski definition) is 1. The van der Waals surface area contributed by atoms with Gasteiger partial charge in [-0.25, -0.2) is 4.98 Å². The minimum atomic E-state index is 0.104. The highest BCUT2D eigenvalue weighted by Gasteiger charge is 2.15. The second-order valence-corrected chi connectivity index (χ2v) is 4.74. The van der Waals surface area contributed by atoms with E-state index in [1.807, 2.05) is 50.1 Å². The van der Waals surface area contributed by atoms with Crippen molar-refractivity contribution in [1.29, 1.82) is 5.26 Å². The average molecular weight is 269 g/mol. The SMILES string of the molecule is CCNc1nc(N(C)C(C)CC#N)c2ccccc2n1. The molecule has 20 heavy (non-hydrogen) atoms. The molecule has 104 valence electrons. The first-order valence-electron chi connectivity index (χ1n) is 6.77. The number of hydrogen-bond acceptors (Lipinski definition) is 5. The van der Waals surface area contributed by atoms with E-state index in [9.17, 15) is 0 Å². The average Bonchev–Trinajstić information content (AvgIpc) is 2.46. The van der Waals surface area contributed by atoms with Crippen molar-refractivity contribution in [3.8, 4) is 6.07 Å². The minimum absolute atomic E-state index is 0.104. The van der Waals surface area contributed by atoms with Gasteiger partial charge in [0, 0.05) is 25.0 Å². The summed E-state index contributed by atoms with van der Waals surface area (Å²) in [5.74, 6) is 1.48. The van der Waals surface area contributed by atoms with Gasteiger partial charge in [-0.3, -0.25) is 0 Å². The molecule has 0 spiro atoms. The van der Waals surface area contributed by atoms with Crippen molar-refractivity contribution in [2.24, 2.45) is 0 Å². The van der Waals surface area contributed by atoms with E-state index in [4.69, 9.17) is 5.26 Å². The lowest BCUT2D eigenvalue weighted by atomic mass is 10.2. The van der Waals surface area contributed by atoms with Gasteiger partial charge in [0.25, 0.3) is 0 Å². The van der Waals surface area contributed by atoms with E-state index in [-0.39, 0.29) is 6.04 Å². The molecule has 0 bridgehead atoms. The maximum Gasteiger partial charge on any atom is 0.225 e. The van der Waals surface area contributed by atoms with Crippen molar-refractivity contribution >= 4 is 22.7 Å². The largest absolute Gasteiger partial charge is 0.355 e. The van der Waals surface area contributed by atoms with E-state index in [0.29, 0.717) is 12.4 Å². The van der Waals surface area contributed by atoms with Gasteiger partial charge in [-0.05, 0) is 26.0 Å². The third-order valence-electron chi connectivity index (χ3n) is 3.30. The normalized spacial score (nSPS) is 11.9. The molecule has 1 atom stereocenters. The van der Waals surface area contributed by atoms with Crippen LogP contribution in [-0.4, -0.2) is 29.6 Å². The number of nitriles is 1. The Hall–Kier alpha value is -2.35. The Morgan fingerprint density at radius 2 is 2.10 bits per heavy atom. The van der Waals surface area contributed by atoms with Crippen molar-refractivity contribution < 1.29 is 0 Å². The summed E-state index contributed by atoms with van der Waals surface area (Å²) in [5.41, 5.74) is 0.907. The van der Waals surface area contributed by atoms with E-state index >= 15 is 0 Å². The fourth-order valence-electron chi connectivity index (χ4n) is 2.04. The van der Waals surface area contributed by atoms with Crippen LogP contribution in [0.25, 0.3) is 10.9 Å². The Morgan fingerprint density at radius 1 is 1.35 bits per heavy atom. The summed E-state index contributed by atoms with van der Waals surface area (Å²) in [7, 11) is 1.96. The van der Waals surface area contributed by atoms with Crippen LogP contribution in [0.15, 0.2) is 24.3 Å². The molecular weight excluding hydrogens is 250 g/mol. The van der Waals surface area contributed by atoms with Gasteiger partial charge in [-0.15, -0.1) is 0 Å². The second-order valence-electron chi connectivity index (χ2n) is 4.74. The molecule has 2 aromatic rings. The molecule has 0 radical (unpaired) electrons. The molecule has 5 heteroatoms. The van der Waals surface area contributed by atoms with Crippen LogP contribution in [0, 0.1) is 11.3 Å². The van der Waals surface area contributed by atoms with Crippen LogP contribution in [0.5, 0.6) is 0 Å². The van der Waals surface area contributed by atoms with E-state index in [2.05, 4.69) is 21.4 Å². The van der Waals surface area contributed by atoms with Gasteiger partial charge in [0.05, 0.1) is 18.0 Å². The third kappa shape index (κ3) is 2.80. The predicted octanol–water partition coefficient (Wildman–Crippen LogP) is 2.80. The fourth-order valence-corrected chi connectivity index (χ4v) is 2.04. The minimum Gasteiger partial charge on any atom is -0.355 e. The van der Waals surface area contributed by atoms with Crippen LogP contribution >= 0.6 is 0 Å². The summed E-state index contributed by atoms with van der Waals surface area (Å²) in [6.07, 6.45) is 0.464. The number of benzene rings is 1. The zero-order valence-electron chi connectivity index (χ0n) is 12.1. The van der Waals surface area contributed by atoms with Crippen LogP contribution in [0.1, 0.15) is 20.3 Å². The second kappa shape index (κ2) is 6.20. The molecule has 0 fully saturated rings. The van der Waals surface area contributed by atoms with Crippen LogP contribution in [0.4, 0.5) is 11.8 Å². The number of aromatic nitrogens is 2. The van der Waals surface area contributed by atoms with Gasteiger partial charge in [0.2, 0.25) is 5.95 Å². The number of nitrogens with one attached hydrogen (secondary N) is 1. The van der Waals surface area contributed by atoms with Crippen LogP contribution in [-0.2, 0) is 0 Å². The molecule has 5 nitrogen and oxygen atoms in total. The highest BCUT2D eigenvalue weighted by molar-refractivity contribution is 5.90. The lowest BCUT2D eigenvalue weighted by Crippen LogP contribution is -2.29. The number of anilines is 2. The van der Waals surface area contributed by atoms with E-state index in [0.717, 1.165) is 23.3 Å². The van der Waals surface area contributed by atoms with Crippen LogP contribution in [0.2, 0.25) is 0 Å². The zero-order valence-corrected chi connectivity index (χ0v) is 12.1. The van der Waals surface area contributed by atoms with E-state index in [1.165, 1.54) is 0 Å². The monoisotopic (exact) mass is 269 g/mol. The zero-order chi connectivity index (χ0) is 14.5. The summed E-state index contributed by atoms with van der Waals surface area (Å²) in [6.45, 7) is 4.81. The highest BCUT2D eigenvalue weighted by atomic mass is 15.2. The number of fused-ring (bicyclic) bond motifs is 1. The van der Waals surface area contributed by atoms with E-state index < -0.39 is 0 Å². The summed E-state index contributed by atoms with van der Waals surface area (Å²) in [6, 6.07) is 10.2. The summed E-state index contributed by atoms with van der Waals surface area (Å²) < 4.78 is 0. The number of para-hydroxylation sites is 1. The molecule has 1 aromatic carbocycles. The molecule has 1 unspecified atom stereocenters. The molecule has 0 aliphatic carbocycles. The maximum atomic E-state index is 8.86. The summed E-state index contributed by atoms with van der Waals surface area (Å²) in [4.78, 5) is 11.1. The van der Waals surface area contributed by atoms with Gasteiger partial charge in [0.15, 0.2) is 0 Å². The Kier molecular flexibility index (Phi) is 4.36. The van der Waals surface area contributed by atoms with Gasteiger partial charge >= 0.3 is 0 Å². The fraction of sp³-hybridized carbons (Fsp3) is 0.400. The first-order chi connectivity index (χ1) is 9.67. The Morgan fingerprint density at radius 3 is 2.80 bits per heavy atom. The number of nitrogens with zero attached hydrogens (tertiary/aromatic N) is 4.